The predicted octanol–water partition coefficient (Wildman–Crippen LogP) is 5.37. The molecule has 2 aromatic rings. The van der Waals surface area contributed by atoms with E-state index in [9.17, 15) is 14.4 Å². The van der Waals surface area contributed by atoms with Crippen molar-refractivity contribution in [2.75, 3.05) is 10.2 Å². The average Bonchev–Trinajstić information content (AvgIpc) is 2.88. The van der Waals surface area contributed by atoms with Gasteiger partial charge in [-0.2, -0.15) is 0 Å². The van der Waals surface area contributed by atoms with Gasteiger partial charge in [-0.15, -0.1) is 11.8 Å². The Hall–Kier alpha value is -2.79. The summed E-state index contributed by atoms with van der Waals surface area (Å²) in [4.78, 5) is 40.8. The molecule has 4 rings (SSSR count). The summed E-state index contributed by atoms with van der Waals surface area (Å²) in [5.74, 6) is -0.452. The van der Waals surface area contributed by atoms with Crippen LogP contribution in [-0.4, -0.2) is 50.1 Å². The predicted molar refractivity (Wildman–Crippen MR) is 152 cm³/mol. The summed E-state index contributed by atoms with van der Waals surface area (Å²) in [5.41, 5.74) is 1.90. The van der Waals surface area contributed by atoms with E-state index >= 15 is 0 Å². The number of nitrogens with zero attached hydrogens (tertiary/aromatic N) is 1. The molecular weight excluding hydrogens is 603 g/mol. The number of benzene rings is 2. The lowest BCUT2D eigenvalue weighted by Crippen LogP contribution is -2.70. The smallest absolute Gasteiger partial charge is 0.408 e. The molecule has 2 aromatic carbocycles. The van der Waals surface area contributed by atoms with Crippen LogP contribution in [0.4, 0.5) is 4.79 Å². The first-order valence-electron chi connectivity index (χ1n) is 11.9. The maximum Gasteiger partial charge on any atom is 0.408 e. The summed E-state index contributed by atoms with van der Waals surface area (Å²) in [6.07, 6.45) is 2.51. The fourth-order valence-electron chi connectivity index (χ4n) is 4.13. The van der Waals surface area contributed by atoms with Crippen molar-refractivity contribution < 1.29 is 23.9 Å². The van der Waals surface area contributed by atoms with Crippen molar-refractivity contribution in [3.8, 4) is 0 Å². The van der Waals surface area contributed by atoms with Crippen LogP contribution in [0, 0.1) is 0 Å². The number of hydrogen-bond donors (Lipinski definition) is 1. The second kappa shape index (κ2) is 11.7. The molecule has 9 heteroatoms. The van der Waals surface area contributed by atoms with Crippen molar-refractivity contribution in [2.24, 2.45) is 0 Å². The summed E-state index contributed by atoms with van der Waals surface area (Å²) < 4.78 is 12.2. The molecular formula is C28H29IN2O5S. The van der Waals surface area contributed by atoms with Crippen LogP contribution in [0.1, 0.15) is 38.0 Å². The Morgan fingerprint density at radius 3 is 2.24 bits per heavy atom. The Bertz CT molecular complexity index is 1170. The van der Waals surface area contributed by atoms with Crippen LogP contribution in [0.3, 0.4) is 0 Å². The zero-order chi connectivity index (χ0) is 26.6. The largest absolute Gasteiger partial charge is 0.448 e. The molecule has 0 aromatic heterocycles. The molecule has 2 aliphatic rings. The third kappa shape index (κ3) is 6.38. The number of carbonyl (C=O) groups is 3. The van der Waals surface area contributed by atoms with Crippen LogP contribution < -0.4 is 5.32 Å². The number of halogens is 1. The summed E-state index contributed by atoms with van der Waals surface area (Å²) in [6, 6.07) is 18.2. The van der Waals surface area contributed by atoms with Gasteiger partial charge < -0.3 is 14.8 Å². The standard InChI is InChI=1S/C28H29IN2O5S/c1-28(2,3)36-27(34)30-21-24(32)31-22(20(15-10-16-29)17-37-25(21)31)26(33)35-23(18-11-6-4-7-12-18)19-13-8-5-9-14-19/h4-15,21,23,25H,16-17H2,1-3H3,(H,30,34)/b15-10+/t21?,25-/m1/s1. The number of rotatable bonds is 7. The van der Waals surface area contributed by atoms with E-state index in [4.69, 9.17) is 9.47 Å². The zero-order valence-corrected chi connectivity index (χ0v) is 23.8. The molecule has 1 fully saturated rings. The number of fused-ring (bicyclic) bond motifs is 1. The van der Waals surface area contributed by atoms with Crippen molar-refractivity contribution in [1.82, 2.24) is 10.2 Å². The highest BCUT2D eigenvalue weighted by atomic mass is 127. The first kappa shape index (κ1) is 27.3. The number of ether oxygens (including phenoxy) is 2. The molecule has 7 nitrogen and oxygen atoms in total. The Kier molecular flexibility index (Phi) is 8.63. The molecule has 2 atom stereocenters. The van der Waals surface area contributed by atoms with Crippen LogP contribution in [-0.2, 0) is 19.1 Å². The van der Waals surface area contributed by atoms with Crippen molar-refractivity contribution in [3.05, 3.63) is 95.2 Å². The van der Waals surface area contributed by atoms with E-state index in [0.717, 1.165) is 15.6 Å². The fraction of sp³-hybridized carbons (Fsp3) is 0.321. The quantitative estimate of drug-likeness (QED) is 0.191. The van der Waals surface area contributed by atoms with Gasteiger partial charge >= 0.3 is 12.1 Å². The highest BCUT2D eigenvalue weighted by molar-refractivity contribution is 14.1. The number of nitrogens with one attached hydrogen (secondary N) is 1. The van der Waals surface area contributed by atoms with E-state index in [-0.39, 0.29) is 11.6 Å². The number of thioether (sulfide) groups is 1. The second-order valence-electron chi connectivity index (χ2n) is 9.57. The monoisotopic (exact) mass is 632 g/mol. The number of alkyl halides is 1. The SMILES string of the molecule is CC(C)(C)OC(=O)NC1C(=O)N2C(C(=O)OC(c3ccccc3)c3ccccc3)=C(/C=C/CI)CS[C@H]12. The Morgan fingerprint density at radius 2 is 1.70 bits per heavy atom. The first-order chi connectivity index (χ1) is 17.7. The number of alkyl carbamates (subject to hydrolysis) is 1. The highest BCUT2D eigenvalue weighted by Gasteiger charge is 2.54. The molecule has 194 valence electrons. The Labute approximate surface area is 234 Å². The van der Waals surface area contributed by atoms with Gasteiger partial charge in [-0.1, -0.05) is 95.4 Å². The molecule has 1 unspecified atom stereocenters. The summed E-state index contributed by atoms with van der Waals surface area (Å²) in [7, 11) is 0. The summed E-state index contributed by atoms with van der Waals surface area (Å²) in [6.45, 7) is 5.28. The van der Waals surface area contributed by atoms with Crippen LogP contribution in [0.25, 0.3) is 0 Å². The van der Waals surface area contributed by atoms with Gasteiger partial charge in [0.05, 0.1) is 0 Å². The molecule has 1 N–H and O–H groups in total. The van der Waals surface area contributed by atoms with Gasteiger partial charge in [0.1, 0.15) is 22.7 Å². The average molecular weight is 633 g/mol. The van der Waals surface area contributed by atoms with Gasteiger partial charge in [-0.3, -0.25) is 9.69 Å². The van der Waals surface area contributed by atoms with Crippen molar-refractivity contribution in [2.45, 2.75) is 43.9 Å². The van der Waals surface area contributed by atoms with Gasteiger partial charge in [0.2, 0.25) is 0 Å². The molecule has 0 bridgehead atoms. The third-order valence-corrected chi connectivity index (χ3v) is 7.51. The first-order valence-corrected chi connectivity index (χ1v) is 14.5. The zero-order valence-electron chi connectivity index (χ0n) is 20.8. The number of β-lactam (4-membered cyclic amide) rings is 1. The maximum absolute atomic E-state index is 13.7. The number of hydrogen-bond acceptors (Lipinski definition) is 6. The third-order valence-electron chi connectivity index (χ3n) is 5.70. The lowest BCUT2D eigenvalue weighted by atomic mass is 10.0. The molecule has 2 aliphatic heterocycles. The van der Waals surface area contributed by atoms with Crippen molar-refractivity contribution in [1.29, 1.82) is 0 Å². The minimum absolute atomic E-state index is 0.217. The molecule has 2 heterocycles. The number of allylic oxidation sites excluding steroid dienone is 2. The summed E-state index contributed by atoms with van der Waals surface area (Å²) >= 11 is 3.71. The highest BCUT2D eigenvalue weighted by Crippen LogP contribution is 2.42. The van der Waals surface area contributed by atoms with Crippen LogP contribution >= 0.6 is 34.4 Å². The minimum Gasteiger partial charge on any atom is -0.448 e. The normalized spacial score (nSPS) is 19.5. The van der Waals surface area contributed by atoms with Gasteiger partial charge in [0.15, 0.2) is 6.10 Å². The lowest BCUT2D eigenvalue weighted by molar-refractivity contribution is -0.153. The van der Waals surface area contributed by atoms with E-state index in [1.807, 2.05) is 72.8 Å². The van der Waals surface area contributed by atoms with Crippen LogP contribution in [0.15, 0.2) is 84.1 Å². The van der Waals surface area contributed by atoms with Gasteiger partial charge in [-0.25, -0.2) is 9.59 Å². The van der Waals surface area contributed by atoms with Crippen molar-refractivity contribution in [3.63, 3.8) is 0 Å². The van der Waals surface area contributed by atoms with E-state index in [1.165, 1.54) is 16.7 Å². The van der Waals surface area contributed by atoms with Crippen molar-refractivity contribution >= 4 is 52.3 Å². The minimum atomic E-state index is -0.781. The van der Waals surface area contributed by atoms with E-state index in [2.05, 4.69) is 27.9 Å². The fourth-order valence-corrected chi connectivity index (χ4v) is 5.70. The van der Waals surface area contributed by atoms with Crippen LogP contribution in [0.2, 0.25) is 0 Å². The molecule has 0 aliphatic carbocycles. The van der Waals surface area contributed by atoms with E-state index in [0.29, 0.717) is 11.3 Å². The maximum atomic E-state index is 13.7. The second-order valence-corrected chi connectivity index (χ2v) is 11.6. The Morgan fingerprint density at radius 1 is 1.11 bits per heavy atom. The number of carbonyl (C=O) groups excluding carboxylic acids is 3. The molecule has 2 amide bonds. The number of esters is 1. The van der Waals surface area contributed by atoms with Crippen LogP contribution in [0.5, 0.6) is 0 Å². The molecule has 1 saturated heterocycles. The van der Waals surface area contributed by atoms with Gasteiger partial charge in [0.25, 0.3) is 5.91 Å². The van der Waals surface area contributed by atoms with Gasteiger partial charge in [-0.05, 0) is 37.5 Å². The molecule has 0 radical (unpaired) electrons. The van der Waals surface area contributed by atoms with E-state index < -0.39 is 35.2 Å². The van der Waals surface area contributed by atoms with Gasteiger partial charge in [0, 0.05) is 10.2 Å². The molecule has 0 spiro atoms. The topological polar surface area (TPSA) is 84.9 Å². The summed E-state index contributed by atoms with van der Waals surface area (Å²) in [5, 5.41) is 2.24. The molecule has 37 heavy (non-hydrogen) atoms. The molecule has 0 saturated carbocycles. The Balaban J connectivity index is 1.62. The van der Waals surface area contributed by atoms with E-state index in [1.54, 1.807) is 20.8 Å². The number of amides is 2. The lowest BCUT2D eigenvalue weighted by Gasteiger charge is -2.49.